The number of aliphatic hydroxyl groups excluding tert-OH is 1. The highest BCUT2D eigenvalue weighted by Gasteiger charge is 2.48. The molecule has 4 atom stereocenters. The minimum atomic E-state index is -0.928. The van der Waals surface area contributed by atoms with Gasteiger partial charge in [0.25, 0.3) is 5.91 Å². The van der Waals surface area contributed by atoms with Crippen LogP contribution >= 0.6 is 0 Å². The maximum Gasteiger partial charge on any atom is 0.262 e. The topological polar surface area (TPSA) is 130 Å². The molecule has 5 N–H and O–H groups in total. The summed E-state index contributed by atoms with van der Waals surface area (Å²) in [5, 5.41) is 39.1. The molecule has 1 amide bonds. The molecule has 4 aliphatic heterocycles. The highest BCUT2D eigenvalue weighted by molar-refractivity contribution is 5.96. The number of ether oxygens (including phenoxy) is 3. The number of carbonyl (C=O) groups excluding carboxylic acids is 1. The van der Waals surface area contributed by atoms with Crippen LogP contribution in [0.4, 0.5) is 5.69 Å². The maximum atomic E-state index is 12.0. The molecule has 1 saturated carbocycles. The molecule has 8 rings (SSSR count). The maximum absolute atomic E-state index is 12.0. The molecule has 282 valence electrons. The fourth-order valence-electron chi connectivity index (χ4n) is 8.91. The van der Waals surface area contributed by atoms with Gasteiger partial charge in [-0.3, -0.25) is 4.79 Å². The lowest BCUT2D eigenvalue weighted by Crippen LogP contribution is -3.00. The number of halogens is 1. The summed E-state index contributed by atoms with van der Waals surface area (Å²) in [5.74, 6) is 1.72. The Balaban J connectivity index is 0.00000464. The standard InChI is InChI=1S/C41H53N3O7.BrH/c1-28(42-24-37(46)35-22-33(45)23-36-40(35)50-26-39(47)43-36)21-29-11-13-34(14-12-29)49-20-19-44-17-15-30(16-18-44)38(25-44)51-27-41(48,32-9-5-6-10-32)31-7-3-2-4-8-31;/h2-4,7-8,11-14,22-23,28,30,32,37-38,42,46,48H,5-6,9-10,15-21,24-27H2,1H3,(H-,43,45,47);1H/t28?,30?,37-,38-,41+,44?;/m0./s1. The van der Waals surface area contributed by atoms with Gasteiger partial charge in [0.2, 0.25) is 0 Å². The van der Waals surface area contributed by atoms with E-state index in [-0.39, 0.29) is 59.9 Å². The first-order valence-corrected chi connectivity index (χ1v) is 18.9. The molecule has 2 bridgehead atoms. The summed E-state index contributed by atoms with van der Waals surface area (Å²) in [4.78, 5) is 11.7. The van der Waals surface area contributed by atoms with Gasteiger partial charge in [0, 0.05) is 43.0 Å². The van der Waals surface area contributed by atoms with Gasteiger partial charge in [0.15, 0.2) is 6.61 Å². The van der Waals surface area contributed by atoms with Crippen LogP contribution in [0.5, 0.6) is 17.2 Å². The van der Waals surface area contributed by atoms with Crippen molar-refractivity contribution in [2.45, 2.75) is 75.7 Å². The Bertz CT molecular complexity index is 1630. The van der Waals surface area contributed by atoms with Crippen molar-refractivity contribution in [2.75, 3.05) is 57.9 Å². The monoisotopic (exact) mass is 779 g/mol. The molecule has 0 radical (unpaired) electrons. The van der Waals surface area contributed by atoms with Crippen molar-refractivity contribution in [3.8, 4) is 17.2 Å². The normalized spacial score (nSPS) is 24.9. The van der Waals surface area contributed by atoms with Gasteiger partial charge in [-0.05, 0) is 61.4 Å². The molecule has 1 aliphatic carbocycles. The third-order valence-electron chi connectivity index (χ3n) is 11.9. The molecule has 10 nitrogen and oxygen atoms in total. The summed E-state index contributed by atoms with van der Waals surface area (Å²) in [6.45, 7) is 7.48. The Morgan fingerprint density at radius 2 is 1.77 bits per heavy atom. The van der Waals surface area contributed by atoms with Crippen molar-refractivity contribution in [3.05, 3.63) is 83.4 Å². The first-order chi connectivity index (χ1) is 24.7. The van der Waals surface area contributed by atoms with Crippen LogP contribution in [0.15, 0.2) is 66.7 Å². The zero-order chi connectivity index (χ0) is 35.4. The molecule has 3 aromatic carbocycles. The number of rotatable bonds is 15. The van der Waals surface area contributed by atoms with Crippen molar-refractivity contribution in [3.63, 3.8) is 0 Å². The number of hydrogen-bond acceptors (Lipinski definition) is 8. The number of fused-ring (bicyclic) bond motifs is 4. The quantitative estimate of drug-likeness (QED) is 0.149. The lowest BCUT2D eigenvalue weighted by atomic mass is 9.80. The highest BCUT2D eigenvalue weighted by Crippen LogP contribution is 2.43. The number of anilines is 1. The number of aliphatic hydroxyl groups is 2. The van der Waals surface area contributed by atoms with E-state index in [1.807, 2.05) is 30.3 Å². The molecular formula is C41H54BrN3O7. The molecule has 11 heteroatoms. The van der Waals surface area contributed by atoms with Crippen LogP contribution < -0.4 is 37.1 Å². The zero-order valence-corrected chi connectivity index (χ0v) is 31.7. The highest BCUT2D eigenvalue weighted by atomic mass is 79.9. The second-order valence-corrected chi connectivity index (χ2v) is 15.4. The molecule has 3 saturated heterocycles. The first kappa shape index (κ1) is 38.5. The number of nitrogens with zero attached hydrogens (tertiary/aromatic N) is 1. The van der Waals surface area contributed by atoms with Gasteiger partial charge < -0.3 is 61.6 Å². The number of carbonyl (C=O) groups is 1. The third-order valence-corrected chi connectivity index (χ3v) is 11.9. The van der Waals surface area contributed by atoms with Crippen molar-refractivity contribution in [1.82, 2.24) is 5.32 Å². The van der Waals surface area contributed by atoms with Crippen molar-refractivity contribution in [2.24, 2.45) is 11.8 Å². The average molecular weight is 781 g/mol. The third kappa shape index (κ3) is 8.77. The predicted molar refractivity (Wildman–Crippen MR) is 195 cm³/mol. The fraction of sp³-hybridized carbons (Fsp3) is 0.537. The number of quaternary nitrogens is 1. The van der Waals surface area contributed by atoms with Crippen molar-refractivity contribution >= 4 is 11.6 Å². The van der Waals surface area contributed by atoms with E-state index in [9.17, 15) is 20.1 Å². The van der Waals surface area contributed by atoms with E-state index < -0.39 is 11.7 Å². The number of nitrogens with one attached hydrogen (secondary N) is 2. The van der Waals surface area contributed by atoms with Crippen LogP contribution in [-0.2, 0) is 21.6 Å². The molecule has 52 heavy (non-hydrogen) atoms. The largest absolute Gasteiger partial charge is 1.00 e. The molecule has 0 spiro atoms. The van der Waals surface area contributed by atoms with Gasteiger partial charge in [-0.25, -0.2) is 0 Å². The minimum absolute atomic E-state index is 0. The fourth-order valence-corrected chi connectivity index (χ4v) is 8.91. The van der Waals surface area contributed by atoms with Crippen molar-refractivity contribution < 1.29 is 55.8 Å². The second kappa shape index (κ2) is 16.9. The van der Waals surface area contributed by atoms with Crippen LogP contribution in [0, 0.1) is 11.8 Å². The van der Waals surface area contributed by atoms with E-state index in [0.29, 0.717) is 36.1 Å². The minimum Gasteiger partial charge on any atom is -1.00 e. The lowest BCUT2D eigenvalue weighted by molar-refractivity contribution is -0.946. The summed E-state index contributed by atoms with van der Waals surface area (Å²) in [6.07, 6.45) is 6.82. The Morgan fingerprint density at radius 1 is 1.04 bits per heavy atom. The van der Waals surface area contributed by atoms with Crippen LogP contribution in [0.25, 0.3) is 0 Å². The number of phenols is 1. The zero-order valence-electron chi connectivity index (χ0n) is 30.1. The van der Waals surface area contributed by atoms with Crippen LogP contribution in [-0.4, -0.2) is 90.4 Å². The SMILES string of the molecule is CC(Cc1ccc(OCC[N+]23CCC(CC2)[C@@H](OC[C@@](O)(c2ccccc2)C2CCCC2)C3)cc1)NC[C@H](O)c1cc(O)cc2c1OCC(=O)N2.[Br-]. The molecular weight excluding hydrogens is 726 g/mol. The van der Waals surface area contributed by atoms with Gasteiger partial charge in [0.05, 0.1) is 31.5 Å². The van der Waals surface area contributed by atoms with Gasteiger partial charge in [-0.1, -0.05) is 55.3 Å². The van der Waals surface area contributed by atoms with Crippen molar-refractivity contribution in [1.29, 1.82) is 0 Å². The molecule has 1 unspecified atom stereocenters. The summed E-state index contributed by atoms with van der Waals surface area (Å²) >= 11 is 0. The van der Waals surface area contributed by atoms with Crippen LogP contribution in [0.3, 0.4) is 0 Å². The Hall–Kier alpha value is -3.19. The molecule has 3 aromatic rings. The van der Waals surface area contributed by atoms with Gasteiger partial charge in [-0.2, -0.15) is 0 Å². The number of hydrogen-bond donors (Lipinski definition) is 5. The number of amides is 1. The summed E-state index contributed by atoms with van der Waals surface area (Å²) in [7, 11) is 0. The van der Waals surface area contributed by atoms with E-state index >= 15 is 0 Å². The van der Waals surface area contributed by atoms with Crippen LogP contribution in [0.2, 0.25) is 0 Å². The van der Waals surface area contributed by atoms with E-state index in [2.05, 4.69) is 41.8 Å². The lowest BCUT2D eigenvalue weighted by Gasteiger charge is -2.52. The molecule has 0 aromatic heterocycles. The number of phenolic OH excluding ortho intramolecular Hbond substituents is 1. The Kier molecular flexibility index (Phi) is 12.5. The molecule has 5 aliphatic rings. The van der Waals surface area contributed by atoms with Gasteiger partial charge >= 0.3 is 0 Å². The smallest absolute Gasteiger partial charge is 0.262 e. The van der Waals surface area contributed by atoms with E-state index in [1.165, 1.54) is 25.0 Å². The number of piperidine rings is 3. The Morgan fingerprint density at radius 3 is 2.50 bits per heavy atom. The molecule has 4 fully saturated rings. The number of benzene rings is 3. The van der Waals surface area contributed by atoms with E-state index in [1.54, 1.807) is 0 Å². The summed E-state index contributed by atoms with van der Waals surface area (Å²) < 4.78 is 19.6. The van der Waals surface area contributed by atoms with E-state index in [4.69, 9.17) is 14.2 Å². The predicted octanol–water partition coefficient (Wildman–Crippen LogP) is 2.06. The Labute approximate surface area is 317 Å². The van der Waals surface area contributed by atoms with E-state index in [0.717, 1.165) is 79.6 Å². The molecule has 4 heterocycles. The van der Waals surface area contributed by atoms with Gasteiger partial charge in [-0.15, -0.1) is 0 Å². The van der Waals surface area contributed by atoms with Crippen LogP contribution in [0.1, 0.15) is 68.2 Å². The average Bonchev–Trinajstić information content (AvgIpc) is 3.70. The second-order valence-electron chi connectivity index (χ2n) is 15.4. The first-order valence-electron chi connectivity index (χ1n) is 18.9. The number of aromatic hydroxyl groups is 1. The summed E-state index contributed by atoms with van der Waals surface area (Å²) in [6, 6.07) is 21.4. The summed E-state index contributed by atoms with van der Waals surface area (Å²) in [5.41, 5.74) is 2.01. The van der Waals surface area contributed by atoms with Gasteiger partial charge in [0.1, 0.15) is 48.6 Å².